The molecule has 2 rings (SSSR count). The lowest BCUT2D eigenvalue weighted by Gasteiger charge is -2.22. The van der Waals surface area contributed by atoms with Gasteiger partial charge in [0.15, 0.2) is 0 Å². The van der Waals surface area contributed by atoms with Crippen molar-refractivity contribution in [1.82, 2.24) is 16.0 Å². The van der Waals surface area contributed by atoms with E-state index in [2.05, 4.69) is 16.0 Å². The molecule has 0 aromatic carbocycles. The fraction of sp³-hybridized carbons (Fsp3) is 0.400. The van der Waals surface area contributed by atoms with Crippen LogP contribution < -0.4 is 16.0 Å². The van der Waals surface area contributed by atoms with Gasteiger partial charge in [-0.2, -0.15) is 0 Å². The molecule has 2 heterocycles. The molecule has 0 radical (unpaired) electrons. The van der Waals surface area contributed by atoms with Gasteiger partial charge in [-0.25, -0.2) is 0 Å². The van der Waals surface area contributed by atoms with Crippen LogP contribution in [0.25, 0.3) is 0 Å². The number of carbonyl (C=O) groups is 2. The molecule has 1 aliphatic rings. The second-order valence-corrected chi connectivity index (χ2v) is 4.57. The second kappa shape index (κ2) is 5.09. The quantitative estimate of drug-likeness (QED) is 0.663. The monoisotopic (exact) mass is 239 g/mol. The number of piperazine rings is 1. The Kier molecular flexibility index (Phi) is 3.53. The Labute approximate surface area is 97.2 Å². The third kappa shape index (κ3) is 2.80. The summed E-state index contributed by atoms with van der Waals surface area (Å²) in [6, 6.07) is 3.60. The van der Waals surface area contributed by atoms with Crippen LogP contribution in [-0.4, -0.2) is 30.9 Å². The fourth-order valence-electron chi connectivity index (χ4n) is 1.46. The highest BCUT2D eigenvalue weighted by Gasteiger charge is 2.23. The van der Waals surface area contributed by atoms with Crippen LogP contribution in [-0.2, 0) is 16.1 Å². The summed E-state index contributed by atoms with van der Waals surface area (Å²) in [6.45, 7) is 1.11. The average Bonchev–Trinajstić information content (AvgIpc) is 2.80. The van der Waals surface area contributed by atoms with Crippen LogP contribution in [0.4, 0.5) is 0 Å². The van der Waals surface area contributed by atoms with Crippen molar-refractivity contribution in [2.24, 2.45) is 0 Å². The fourth-order valence-corrected chi connectivity index (χ4v) is 2.11. The molecule has 16 heavy (non-hydrogen) atoms. The zero-order valence-corrected chi connectivity index (χ0v) is 9.47. The first-order valence-corrected chi connectivity index (χ1v) is 5.94. The van der Waals surface area contributed by atoms with E-state index in [1.54, 1.807) is 11.3 Å². The van der Waals surface area contributed by atoms with Gasteiger partial charge in [-0.1, -0.05) is 6.07 Å². The number of nitrogens with one attached hydrogen (secondary N) is 3. The summed E-state index contributed by atoms with van der Waals surface area (Å²) in [7, 11) is 0. The van der Waals surface area contributed by atoms with Crippen molar-refractivity contribution >= 4 is 23.2 Å². The molecule has 1 aromatic heterocycles. The molecule has 0 bridgehead atoms. The Balaban J connectivity index is 1.77. The SMILES string of the molecule is O=C1CNC(C(=O)NCc2cccs2)CN1. The Bertz CT molecular complexity index is 367. The molecule has 1 saturated heterocycles. The lowest BCUT2D eigenvalue weighted by molar-refractivity contribution is -0.126. The first kappa shape index (κ1) is 11.1. The van der Waals surface area contributed by atoms with Crippen molar-refractivity contribution in [3.05, 3.63) is 22.4 Å². The lowest BCUT2D eigenvalue weighted by Crippen LogP contribution is -2.57. The maximum absolute atomic E-state index is 11.7. The van der Waals surface area contributed by atoms with Gasteiger partial charge in [0.1, 0.15) is 6.04 Å². The molecule has 6 heteroatoms. The third-order valence-corrected chi connectivity index (χ3v) is 3.22. The van der Waals surface area contributed by atoms with E-state index >= 15 is 0 Å². The number of thiophene rings is 1. The number of carbonyl (C=O) groups excluding carboxylic acids is 2. The highest BCUT2D eigenvalue weighted by molar-refractivity contribution is 7.09. The van der Waals surface area contributed by atoms with Crippen molar-refractivity contribution in [3.63, 3.8) is 0 Å². The van der Waals surface area contributed by atoms with E-state index in [1.807, 2.05) is 17.5 Å². The van der Waals surface area contributed by atoms with Crippen molar-refractivity contribution in [2.75, 3.05) is 13.1 Å². The van der Waals surface area contributed by atoms with E-state index in [4.69, 9.17) is 0 Å². The van der Waals surface area contributed by atoms with Gasteiger partial charge in [-0.15, -0.1) is 11.3 Å². The summed E-state index contributed by atoms with van der Waals surface area (Å²) in [6.07, 6.45) is 0. The van der Waals surface area contributed by atoms with E-state index in [-0.39, 0.29) is 24.4 Å². The molecule has 1 aliphatic heterocycles. The van der Waals surface area contributed by atoms with E-state index in [0.29, 0.717) is 13.1 Å². The van der Waals surface area contributed by atoms with Gasteiger partial charge in [0.25, 0.3) is 0 Å². The topological polar surface area (TPSA) is 70.2 Å². The molecule has 5 nitrogen and oxygen atoms in total. The molecule has 2 amide bonds. The van der Waals surface area contributed by atoms with Gasteiger partial charge in [0.05, 0.1) is 13.1 Å². The molecule has 0 spiro atoms. The number of hydrogen-bond donors (Lipinski definition) is 3. The maximum Gasteiger partial charge on any atom is 0.239 e. The molecule has 86 valence electrons. The van der Waals surface area contributed by atoms with Crippen molar-refractivity contribution in [1.29, 1.82) is 0 Å². The van der Waals surface area contributed by atoms with E-state index in [0.717, 1.165) is 4.88 Å². The molecule has 0 saturated carbocycles. The van der Waals surface area contributed by atoms with Crippen molar-refractivity contribution in [2.45, 2.75) is 12.6 Å². The highest BCUT2D eigenvalue weighted by Crippen LogP contribution is 2.07. The summed E-state index contributed by atoms with van der Waals surface area (Å²) in [5, 5.41) is 10.3. The van der Waals surface area contributed by atoms with Gasteiger partial charge in [-0.3, -0.25) is 14.9 Å². The largest absolute Gasteiger partial charge is 0.353 e. The number of rotatable bonds is 3. The van der Waals surface area contributed by atoms with Gasteiger partial charge in [0.2, 0.25) is 11.8 Å². The Morgan fingerprint density at radius 2 is 2.50 bits per heavy atom. The molecular formula is C10H13N3O2S. The van der Waals surface area contributed by atoms with Crippen molar-refractivity contribution in [3.8, 4) is 0 Å². The molecule has 1 fully saturated rings. The predicted molar refractivity (Wildman–Crippen MR) is 61.0 cm³/mol. The standard InChI is InChI=1S/C10H13N3O2S/c14-9-6-11-8(5-12-9)10(15)13-4-7-2-1-3-16-7/h1-3,8,11H,4-6H2,(H,12,14)(H,13,15). The summed E-state index contributed by atoms with van der Waals surface area (Å²) in [5.41, 5.74) is 0. The van der Waals surface area contributed by atoms with Crippen LogP contribution in [0.15, 0.2) is 17.5 Å². The van der Waals surface area contributed by atoms with E-state index < -0.39 is 0 Å². The first-order valence-electron chi connectivity index (χ1n) is 5.06. The van der Waals surface area contributed by atoms with E-state index in [9.17, 15) is 9.59 Å². The zero-order chi connectivity index (χ0) is 11.4. The molecule has 3 N–H and O–H groups in total. The molecule has 1 unspecified atom stereocenters. The molecule has 0 aliphatic carbocycles. The van der Waals surface area contributed by atoms with E-state index in [1.165, 1.54) is 0 Å². The first-order chi connectivity index (χ1) is 7.75. The summed E-state index contributed by atoms with van der Waals surface area (Å²) < 4.78 is 0. The second-order valence-electron chi connectivity index (χ2n) is 3.53. The zero-order valence-electron chi connectivity index (χ0n) is 8.66. The Morgan fingerprint density at radius 1 is 1.62 bits per heavy atom. The minimum absolute atomic E-state index is 0.0673. The molecule has 1 atom stereocenters. The summed E-state index contributed by atoms with van der Waals surface area (Å²) >= 11 is 1.61. The van der Waals surface area contributed by atoms with Gasteiger partial charge >= 0.3 is 0 Å². The third-order valence-electron chi connectivity index (χ3n) is 2.35. The van der Waals surface area contributed by atoms with Crippen LogP contribution in [0, 0.1) is 0 Å². The lowest BCUT2D eigenvalue weighted by atomic mass is 10.2. The van der Waals surface area contributed by atoms with Crippen LogP contribution in [0.2, 0.25) is 0 Å². The highest BCUT2D eigenvalue weighted by atomic mass is 32.1. The van der Waals surface area contributed by atoms with Crippen molar-refractivity contribution < 1.29 is 9.59 Å². The summed E-state index contributed by atoms with van der Waals surface area (Å²) in [5.74, 6) is -0.143. The Hall–Kier alpha value is -1.40. The smallest absolute Gasteiger partial charge is 0.239 e. The van der Waals surface area contributed by atoms with Crippen LogP contribution in [0.1, 0.15) is 4.88 Å². The minimum atomic E-state index is -0.322. The van der Waals surface area contributed by atoms with Gasteiger partial charge in [0, 0.05) is 11.4 Å². The van der Waals surface area contributed by atoms with Crippen LogP contribution >= 0.6 is 11.3 Å². The molecule has 1 aromatic rings. The average molecular weight is 239 g/mol. The normalized spacial score (nSPS) is 20.2. The summed E-state index contributed by atoms with van der Waals surface area (Å²) in [4.78, 5) is 23.7. The van der Waals surface area contributed by atoms with Gasteiger partial charge in [-0.05, 0) is 11.4 Å². The van der Waals surface area contributed by atoms with Gasteiger partial charge < -0.3 is 10.6 Å². The minimum Gasteiger partial charge on any atom is -0.353 e. The maximum atomic E-state index is 11.7. The van der Waals surface area contributed by atoms with Crippen LogP contribution in [0.5, 0.6) is 0 Å². The predicted octanol–water partition coefficient (Wildman–Crippen LogP) is -0.548. The number of hydrogen-bond acceptors (Lipinski definition) is 4. The van der Waals surface area contributed by atoms with Crippen LogP contribution in [0.3, 0.4) is 0 Å². The molecular weight excluding hydrogens is 226 g/mol. The Morgan fingerprint density at radius 3 is 3.12 bits per heavy atom. The number of amides is 2.